The molecule has 0 aliphatic carbocycles. The Bertz CT molecular complexity index is 1420. The van der Waals surface area contributed by atoms with E-state index in [4.69, 9.17) is 14.9 Å². The molecule has 0 fully saturated rings. The molecular weight excluding hydrogens is 443 g/mol. The van der Waals surface area contributed by atoms with E-state index in [2.05, 4.69) is 4.98 Å². The van der Waals surface area contributed by atoms with Crippen LogP contribution >= 0.6 is 0 Å². The van der Waals surface area contributed by atoms with Crippen molar-refractivity contribution in [3.8, 4) is 5.75 Å². The van der Waals surface area contributed by atoms with Gasteiger partial charge < -0.3 is 19.8 Å². The zero-order valence-electron chi connectivity index (χ0n) is 18.2. The summed E-state index contributed by atoms with van der Waals surface area (Å²) in [6.45, 7) is 0.121. The topological polar surface area (TPSA) is 124 Å². The summed E-state index contributed by atoms with van der Waals surface area (Å²) in [5.41, 5.74) is 5.28. The number of furan rings is 1. The second-order valence-corrected chi connectivity index (χ2v) is 7.44. The Morgan fingerprint density at radius 3 is 2.50 bits per heavy atom. The predicted molar refractivity (Wildman–Crippen MR) is 123 cm³/mol. The quantitative estimate of drug-likeness (QED) is 0.434. The van der Waals surface area contributed by atoms with Gasteiger partial charge in [-0.3, -0.25) is 19.1 Å². The molecule has 0 atom stereocenters. The van der Waals surface area contributed by atoms with Gasteiger partial charge in [0.25, 0.3) is 11.5 Å². The summed E-state index contributed by atoms with van der Waals surface area (Å²) in [4.78, 5) is 41.1. The van der Waals surface area contributed by atoms with Crippen molar-refractivity contribution in [2.45, 2.75) is 13.2 Å². The van der Waals surface area contributed by atoms with E-state index in [0.29, 0.717) is 11.5 Å². The van der Waals surface area contributed by atoms with Crippen LogP contribution in [0.3, 0.4) is 0 Å². The van der Waals surface area contributed by atoms with Crippen molar-refractivity contribution in [3.05, 3.63) is 110 Å². The van der Waals surface area contributed by atoms with E-state index in [-0.39, 0.29) is 36.2 Å². The Balaban J connectivity index is 1.54. The minimum atomic E-state index is -0.797. The molecule has 0 unspecified atom stereocenters. The fourth-order valence-electron chi connectivity index (χ4n) is 3.35. The molecule has 0 saturated heterocycles. The number of amides is 1. The van der Waals surface area contributed by atoms with Crippen LogP contribution in [0, 0.1) is 5.82 Å². The highest BCUT2D eigenvalue weighted by atomic mass is 19.1. The monoisotopic (exact) mass is 464 g/mol. The van der Waals surface area contributed by atoms with Crippen LogP contribution in [-0.2, 0) is 13.2 Å². The molecule has 1 amide bonds. The number of nitrogen functional groups attached to an aromatic ring is 1. The molecule has 4 aromatic rings. The van der Waals surface area contributed by atoms with E-state index >= 15 is 0 Å². The van der Waals surface area contributed by atoms with E-state index in [9.17, 15) is 18.8 Å². The standard InChI is InChI=1S/C24H21FN4O5/c1-28(20-21(26)29(24(32)27-22(20)30)13-15-5-3-2-4-6-15)23(31)19-12-11-18(34-19)14-33-17-9-7-16(25)8-10-17/h2-12H,13-14,26H2,1H3,(H,27,30,32). The number of nitrogens with zero attached hydrogens (tertiary/aromatic N) is 2. The van der Waals surface area contributed by atoms with Gasteiger partial charge >= 0.3 is 5.69 Å². The molecule has 10 heteroatoms. The summed E-state index contributed by atoms with van der Waals surface area (Å²) in [6, 6.07) is 17.5. The van der Waals surface area contributed by atoms with Crippen LogP contribution in [0.4, 0.5) is 15.9 Å². The molecule has 174 valence electrons. The van der Waals surface area contributed by atoms with Crippen LogP contribution < -0.4 is 26.6 Å². The molecule has 34 heavy (non-hydrogen) atoms. The highest BCUT2D eigenvalue weighted by molar-refractivity contribution is 6.05. The lowest BCUT2D eigenvalue weighted by molar-refractivity contribution is 0.0962. The number of carbonyl (C=O) groups excluding carboxylic acids is 1. The summed E-state index contributed by atoms with van der Waals surface area (Å²) in [7, 11) is 1.36. The van der Waals surface area contributed by atoms with Gasteiger partial charge in [-0.1, -0.05) is 30.3 Å². The van der Waals surface area contributed by atoms with Crippen LogP contribution in [0.25, 0.3) is 0 Å². The first-order chi connectivity index (χ1) is 16.3. The van der Waals surface area contributed by atoms with Gasteiger partial charge in [-0.2, -0.15) is 0 Å². The smallest absolute Gasteiger partial charge is 0.330 e. The van der Waals surface area contributed by atoms with Gasteiger partial charge in [-0.05, 0) is 42.0 Å². The SMILES string of the molecule is CN(C(=O)c1ccc(COc2ccc(F)cc2)o1)c1c(N)n(Cc2ccccc2)c(=O)[nH]c1=O. The molecule has 0 aliphatic rings. The number of H-pyrrole nitrogens is 1. The first-order valence-corrected chi connectivity index (χ1v) is 10.2. The maximum absolute atomic E-state index is 13.0. The van der Waals surface area contributed by atoms with Gasteiger partial charge in [0.05, 0.1) is 6.54 Å². The van der Waals surface area contributed by atoms with Gasteiger partial charge in [0, 0.05) is 7.05 Å². The summed E-state index contributed by atoms with van der Waals surface area (Å²) in [5.74, 6) is -0.458. The van der Waals surface area contributed by atoms with Crippen molar-refractivity contribution in [2.75, 3.05) is 17.7 Å². The van der Waals surface area contributed by atoms with E-state index in [0.717, 1.165) is 10.5 Å². The zero-order valence-corrected chi connectivity index (χ0v) is 18.2. The Morgan fingerprint density at radius 2 is 1.79 bits per heavy atom. The maximum Gasteiger partial charge on any atom is 0.330 e. The van der Waals surface area contributed by atoms with E-state index < -0.39 is 17.2 Å². The number of hydrogen-bond acceptors (Lipinski definition) is 6. The van der Waals surface area contributed by atoms with Crippen molar-refractivity contribution in [1.29, 1.82) is 0 Å². The maximum atomic E-state index is 13.0. The van der Waals surface area contributed by atoms with Gasteiger partial charge in [0.2, 0.25) is 0 Å². The van der Waals surface area contributed by atoms with Crippen molar-refractivity contribution >= 4 is 17.4 Å². The molecule has 2 aromatic heterocycles. The number of aromatic nitrogens is 2. The highest BCUT2D eigenvalue weighted by Crippen LogP contribution is 2.20. The molecule has 3 N–H and O–H groups in total. The molecule has 0 bridgehead atoms. The van der Waals surface area contributed by atoms with Gasteiger partial charge in [0.1, 0.15) is 29.8 Å². The number of nitrogens with one attached hydrogen (secondary N) is 1. The molecule has 0 radical (unpaired) electrons. The number of carbonyl (C=O) groups is 1. The Morgan fingerprint density at radius 1 is 1.09 bits per heavy atom. The highest BCUT2D eigenvalue weighted by Gasteiger charge is 2.24. The number of ether oxygens (including phenoxy) is 1. The molecule has 2 aromatic carbocycles. The largest absolute Gasteiger partial charge is 0.486 e. The lowest BCUT2D eigenvalue weighted by Gasteiger charge is -2.19. The fourth-order valence-corrected chi connectivity index (χ4v) is 3.35. The van der Waals surface area contributed by atoms with Crippen LogP contribution in [0.5, 0.6) is 5.75 Å². The lowest BCUT2D eigenvalue weighted by atomic mass is 10.2. The number of halogens is 1. The average molecular weight is 464 g/mol. The normalized spacial score (nSPS) is 10.8. The summed E-state index contributed by atoms with van der Waals surface area (Å²) < 4.78 is 25.2. The number of hydrogen-bond donors (Lipinski definition) is 2. The third kappa shape index (κ3) is 4.75. The minimum absolute atomic E-state index is 0.00725. The van der Waals surface area contributed by atoms with E-state index in [1.807, 2.05) is 30.3 Å². The molecule has 0 saturated carbocycles. The lowest BCUT2D eigenvalue weighted by Crippen LogP contribution is -2.39. The minimum Gasteiger partial charge on any atom is -0.486 e. The molecule has 2 heterocycles. The number of benzene rings is 2. The van der Waals surface area contributed by atoms with Crippen molar-refractivity contribution < 1.29 is 18.3 Å². The van der Waals surface area contributed by atoms with Gasteiger partial charge in [-0.15, -0.1) is 0 Å². The Labute approximate surface area is 192 Å². The zero-order chi connectivity index (χ0) is 24.2. The van der Waals surface area contributed by atoms with Gasteiger partial charge in [0.15, 0.2) is 11.4 Å². The van der Waals surface area contributed by atoms with Crippen molar-refractivity contribution in [3.63, 3.8) is 0 Å². The number of aromatic amines is 1. The molecular formula is C24H21FN4O5. The van der Waals surface area contributed by atoms with Crippen LogP contribution in [0.1, 0.15) is 21.9 Å². The second-order valence-electron chi connectivity index (χ2n) is 7.44. The first kappa shape index (κ1) is 22.6. The molecule has 0 aliphatic heterocycles. The number of anilines is 2. The molecule has 9 nitrogen and oxygen atoms in total. The van der Waals surface area contributed by atoms with E-state index in [1.165, 1.54) is 41.9 Å². The average Bonchev–Trinajstić information content (AvgIpc) is 3.30. The molecule has 0 spiro atoms. The van der Waals surface area contributed by atoms with Crippen molar-refractivity contribution in [2.24, 2.45) is 0 Å². The number of rotatable bonds is 7. The fraction of sp³-hybridized carbons (Fsp3) is 0.125. The second kappa shape index (κ2) is 9.49. The molecule has 4 rings (SSSR count). The van der Waals surface area contributed by atoms with Crippen molar-refractivity contribution in [1.82, 2.24) is 9.55 Å². The third-order valence-corrected chi connectivity index (χ3v) is 5.10. The van der Waals surface area contributed by atoms with Gasteiger partial charge in [-0.25, -0.2) is 9.18 Å². The predicted octanol–water partition coefficient (Wildman–Crippen LogP) is 2.75. The van der Waals surface area contributed by atoms with E-state index in [1.54, 1.807) is 6.07 Å². The van der Waals surface area contributed by atoms with Crippen LogP contribution in [0.15, 0.2) is 80.7 Å². The summed E-state index contributed by atoms with van der Waals surface area (Å²) in [5, 5.41) is 0. The van der Waals surface area contributed by atoms with Crippen LogP contribution in [-0.4, -0.2) is 22.5 Å². The third-order valence-electron chi connectivity index (χ3n) is 5.10. The Hall–Kier alpha value is -4.60. The number of nitrogens with two attached hydrogens (primary N) is 1. The summed E-state index contributed by atoms with van der Waals surface area (Å²) >= 11 is 0. The summed E-state index contributed by atoms with van der Waals surface area (Å²) in [6.07, 6.45) is 0. The van der Waals surface area contributed by atoms with Crippen LogP contribution in [0.2, 0.25) is 0 Å². The Kier molecular flexibility index (Phi) is 6.30. The first-order valence-electron chi connectivity index (χ1n) is 10.2.